The van der Waals surface area contributed by atoms with Gasteiger partial charge in [0, 0.05) is 23.7 Å². The lowest BCUT2D eigenvalue weighted by atomic mass is 10.0. The highest BCUT2D eigenvalue weighted by Gasteiger charge is 2.24. The molecule has 0 unspecified atom stereocenters. The van der Waals surface area contributed by atoms with Crippen molar-refractivity contribution in [3.05, 3.63) is 70.8 Å². The average molecular weight is 419 g/mol. The van der Waals surface area contributed by atoms with E-state index in [4.69, 9.17) is 15.7 Å². The fraction of sp³-hybridized carbons (Fsp3) is 0.0909. The summed E-state index contributed by atoms with van der Waals surface area (Å²) in [6.07, 6.45) is -0.0162. The number of anilines is 3. The lowest BCUT2D eigenvalue weighted by Crippen LogP contribution is -2.07. The smallest absolute Gasteiger partial charge is 0.221 e. The van der Waals surface area contributed by atoms with Gasteiger partial charge in [-0.15, -0.1) is 0 Å². The van der Waals surface area contributed by atoms with Crippen LogP contribution in [0.1, 0.15) is 34.8 Å². The molecule has 154 valence electrons. The minimum Gasteiger partial charge on any atom is -0.433 e. The third-order valence-corrected chi connectivity index (χ3v) is 4.29. The molecule has 0 bridgehead atoms. The zero-order valence-electron chi connectivity index (χ0n) is 16.2. The van der Waals surface area contributed by atoms with Crippen LogP contribution in [-0.2, 0) is 0 Å². The number of hydrogen-bond donors (Lipinski definition) is 2. The maximum Gasteiger partial charge on any atom is 0.221 e. The second-order valence-electron chi connectivity index (χ2n) is 6.32. The minimum atomic E-state index is -1.29. The molecule has 31 heavy (non-hydrogen) atoms. The van der Waals surface area contributed by atoms with Crippen LogP contribution in [-0.4, -0.2) is 10.8 Å². The molecule has 0 aliphatic heterocycles. The summed E-state index contributed by atoms with van der Waals surface area (Å²) in [5.41, 5.74) is 6.22. The fourth-order valence-electron chi connectivity index (χ4n) is 2.69. The van der Waals surface area contributed by atoms with Gasteiger partial charge >= 0.3 is 0 Å². The van der Waals surface area contributed by atoms with Crippen LogP contribution in [0.2, 0.25) is 0 Å². The van der Waals surface area contributed by atoms with Gasteiger partial charge in [-0.3, -0.25) is 4.79 Å². The topological polar surface area (TPSA) is 125 Å². The number of hydrogen-bond acceptors (Lipinski definition) is 7. The Labute approximate surface area is 176 Å². The summed E-state index contributed by atoms with van der Waals surface area (Å²) in [5.74, 6) is -3.90. The number of rotatable bonds is 6. The Morgan fingerprint density at radius 2 is 1.87 bits per heavy atom. The Kier molecular flexibility index (Phi) is 6.08. The maximum absolute atomic E-state index is 14.7. The second-order valence-corrected chi connectivity index (χ2v) is 6.32. The molecule has 0 aliphatic rings. The zero-order valence-corrected chi connectivity index (χ0v) is 16.2. The van der Waals surface area contributed by atoms with Gasteiger partial charge in [-0.2, -0.15) is 15.5 Å². The van der Waals surface area contributed by atoms with E-state index in [-0.39, 0.29) is 29.4 Å². The van der Waals surface area contributed by atoms with Gasteiger partial charge in [0.2, 0.25) is 11.6 Å². The van der Waals surface area contributed by atoms with E-state index in [1.807, 2.05) is 6.07 Å². The molecule has 1 aromatic heterocycles. The molecule has 3 rings (SSSR count). The summed E-state index contributed by atoms with van der Waals surface area (Å²) in [6.45, 7) is 1.52. The van der Waals surface area contributed by atoms with Crippen LogP contribution >= 0.6 is 0 Å². The molecule has 0 amide bonds. The first-order valence-corrected chi connectivity index (χ1v) is 9.04. The van der Waals surface area contributed by atoms with E-state index in [0.29, 0.717) is 11.3 Å². The van der Waals surface area contributed by atoms with E-state index in [1.165, 1.54) is 19.1 Å². The molecule has 1 heterocycles. The predicted octanol–water partition coefficient (Wildman–Crippen LogP) is 4.81. The molecule has 2 aromatic carbocycles. The van der Waals surface area contributed by atoms with Crippen LogP contribution < -0.4 is 15.8 Å². The van der Waals surface area contributed by atoms with E-state index in [0.717, 1.165) is 6.07 Å². The highest BCUT2D eigenvalue weighted by Crippen LogP contribution is 2.33. The van der Waals surface area contributed by atoms with Crippen molar-refractivity contribution < 1.29 is 18.3 Å². The second kappa shape index (κ2) is 8.89. The number of carbonyl (C=O) groups is 1. The number of Topliss-reactive ketones (excluding diaryl/α,β-unsaturated/α-hetero) is 1. The monoisotopic (exact) mass is 419 g/mol. The van der Waals surface area contributed by atoms with Crippen LogP contribution in [0.3, 0.4) is 0 Å². The Morgan fingerprint density at radius 3 is 2.48 bits per heavy atom. The normalized spacial score (nSPS) is 10.1. The molecule has 0 radical (unpaired) electrons. The molecule has 0 atom stereocenters. The lowest BCUT2D eigenvalue weighted by Gasteiger charge is -2.13. The summed E-state index contributed by atoms with van der Waals surface area (Å²) in [6, 6.07) is 13.5. The number of carbonyl (C=O) groups excluding carboxylic acids is 1. The van der Waals surface area contributed by atoms with E-state index in [9.17, 15) is 18.8 Å². The standard InChI is InChI=1S/C22H15F2N5O2/c1-2-18(30)14-9-16(23)21(20(24)15(14)11-26)31-19-8-7-17(27)22(29-19)28-13-5-3-12(10-25)4-6-13/h3-9H,2,27H2,1H3,(H,28,29). The van der Waals surface area contributed by atoms with Gasteiger partial charge in [-0.05, 0) is 36.4 Å². The number of nitrogen functional groups attached to an aromatic ring is 1. The van der Waals surface area contributed by atoms with Crippen LogP contribution in [0.5, 0.6) is 11.6 Å². The average Bonchev–Trinajstić information content (AvgIpc) is 2.78. The van der Waals surface area contributed by atoms with E-state index in [2.05, 4.69) is 10.3 Å². The number of nitrogens with one attached hydrogen (secondary N) is 1. The Balaban J connectivity index is 1.95. The van der Waals surface area contributed by atoms with Gasteiger partial charge < -0.3 is 15.8 Å². The summed E-state index contributed by atoms with van der Waals surface area (Å²) in [5, 5.41) is 21.0. The third kappa shape index (κ3) is 4.41. The van der Waals surface area contributed by atoms with E-state index in [1.54, 1.807) is 30.3 Å². The van der Waals surface area contributed by atoms with Crippen LogP contribution in [0.15, 0.2) is 42.5 Å². The molecular formula is C22H15F2N5O2. The molecular weight excluding hydrogens is 404 g/mol. The highest BCUT2D eigenvalue weighted by atomic mass is 19.1. The van der Waals surface area contributed by atoms with Gasteiger partial charge in [0.05, 0.1) is 17.3 Å². The zero-order chi connectivity index (χ0) is 22.5. The summed E-state index contributed by atoms with van der Waals surface area (Å²) in [4.78, 5) is 16.0. The van der Waals surface area contributed by atoms with Crippen LogP contribution in [0, 0.1) is 34.3 Å². The minimum absolute atomic E-state index is 0.0162. The SMILES string of the molecule is CCC(=O)c1cc(F)c(Oc2ccc(N)c(Nc3ccc(C#N)cc3)n2)c(F)c1C#N. The molecule has 7 nitrogen and oxygen atoms in total. The fourth-order valence-corrected chi connectivity index (χ4v) is 2.69. The number of ether oxygens (including phenoxy) is 1. The molecule has 0 saturated heterocycles. The van der Waals surface area contributed by atoms with Gasteiger partial charge in [0.1, 0.15) is 11.6 Å². The largest absolute Gasteiger partial charge is 0.433 e. The van der Waals surface area contributed by atoms with Crippen molar-refractivity contribution in [2.45, 2.75) is 13.3 Å². The predicted molar refractivity (Wildman–Crippen MR) is 109 cm³/mol. The van der Waals surface area contributed by atoms with Gasteiger partial charge in [-0.25, -0.2) is 8.78 Å². The van der Waals surface area contributed by atoms with E-state index < -0.39 is 28.7 Å². The molecule has 0 fully saturated rings. The number of ketones is 1. The number of nitriles is 2. The molecule has 0 saturated carbocycles. The first kappa shape index (κ1) is 21.2. The third-order valence-electron chi connectivity index (χ3n) is 4.29. The molecule has 3 aromatic rings. The first-order valence-electron chi connectivity index (χ1n) is 9.04. The number of nitrogens with zero attached hydrogens (tertiary/aromatic N) is 3. The quantitative estimate of drug-likeness (QED) is 0.549. The number of pyridine rings is 1. The number of nitrogens with two attached hydrogens (primary N) is 1. The van der Waals surface area contributed by atoms with Crippen molar-refractivity contribution in [3.8, 4) is 23.8 Å². The number of benzene rings is 2. The summed E-state index contributed by atoms with van der Waals surface area (Å²) in [7, 11) is 0. The van der Waals surface area contributed by atoms with Gasteiger partial charge in [-0.1, -0.05) is 6.92 Å². The summed E-state index contributed by atoms with van der Waals surface area (Å²) < 4.78 is 34.5. The first-order chi connectivity index (χ1) is 14.9. The summed E-state index contributed by atoms with van der Waals surface area (Å²) >= 11 is 0. The van der Waals surface area contributed by atoms with Crippen molar-refractivity contribution in [2.24, 2.45) is 0 Å². The van der Waals surface area contributed by atoms with Crippen LogP contribution in [0.4, 0.5) is 26.0 Å². The van der Waals surface area contributed by atoms with Crippen LogP contribution in [0.25, 0.3) is 0 Å². The lowest BCUT2D eigenvalue weighted by molar-refractivity contribution is 0.0987. The van der Waals surface area contributed by atoms with Crippen molar-refractivity contribution in [2.75, 3.05) is 11.1 Å². The highest BCUT2D eigenvalue weighted by molar-refractivity contribution is 5.98. The van der Waals surface area contributed by atoms with E-state index >= 15 is 0 Å². The van der Waals surface area contributed by atoms with Gasteiger partial charge in [0.25, 0.3) is 0 Å². The number of halogens is 2. The Morgan fingerprint density at radius 1 is 1.16 bits per heavy atom. The molecule has 0 spiro atoms. The van der Waals surface area contributed by atoms with Crippen molar-refractivity contribution >= 4 is 23.0 Å². The molecule has 0 aliphatic carbocycles. The van der Waals surface area contributed by atoms with Crippen molar-refractivity contribution in [1.82, 2.24) is 4.98 Å². The Bertz CT molecular complexity index is 1240. The number of aromatic nitrogens is 1. The molecule has 3 N–H and O–H groups in total. The maximum atomic E-state index is 14.7. The Hall–Kier alpha value is -4.50. The van der Waals surface area contributed by atoms with Crippen molar-refractivity contribution in [1.29, 1.82) is 10.5 Å². The van der Waals surface area contributed by atoms with Crippen molar-refractivity contribution in [3.63, 3.8) is 0 Å². The molecule has 9 heteroatoms. The van der Waals surface area contributed by atoms with Gasteiger partial charge in [0.15, 0.2) is 23.2 Å².